The minimum Gasteiger partial charge on any atom is -0.491 e. The molecule has 0 aliphatic heterocycles. The molecule has 2 aromatic carbocycles. The van der Waals surface area contributed by atoms with E-state index in [0.717, 1.165) is 24.3 Å². The predicted octanol–water partition coefficient (Wildman–Crippen LogP) is 2.70. The second-order valence-electron chi connectivity index (χ2n) is 6.73. The van der Waals surface area contributed by atoms with Gasteiger partial charge in [-0.2, -0.15) is 0 Å². The maximum atomic E-state index is 11.8. The van der Waals surface area contributed by atoms with Crippen LogP contribution in [0, 0.1) is 0 Å². The summed E-state index contributed by atoms with van der Waals surface area (Å²) in [4.78, 5) is 13.4. The number of amides is 1. The Morgan fingerprint density at radius 3 is 2.47 bits per heavy atom. The van der Waals surface area contributed by atoms with Crippen molar-refractivity contribution in [3.05, 3.63) is 72.8 Å². The molecule has 6 nitrogen and oxygen atoms in total. The van der Waals surface area contributed by atoms with Crippen LogP contribution in [0.25, 0.3) is 0 Å². The van der Waals surface area contributed by atoms with Gasteiger partial charge in [-0.05, 0) is 42.8 Å². The summed E-state index contributed by atoms with van der Waals surface area (Å²) in [6, 6.07) is 17.1. The van der Waals surface area contributed by atoms with Gasteiger partial charge < -0.3 is 24.8 Å². The van der Waals surface area contributed by atoms with Crippen LogP contribution in [0.5, 0.6) is 11.5 Å². The summed E-state index contributed by atoms with van der Waals surface area (Å²) >= 11 is 0. The third-order valence-corrected chi connectivity index (χ3v) is 4.27. The molecule has 0 bridgehead atoms. The number of hydrogen-bond acceptors (Lipinski definition) is 5. The number of nitrogens with zero attached hydrogens (tertiary/aromatic N) is 1. The Bertz CT molecular complexity index is 741. The Morgan fingerprint density at radius 1 is 1.13 bits per heavy atom. The van der Waals surface area contributed by atoms with Gasteiger partial charge in [0.1, 0.15) is 24.2 Å². The zero-order valence-corrected chi connectivity index (χ0v) is 18.1. The van der Waals surface area contributed by atoms with Crippen LogP contribution < -0.4 is 14.8 Å². The fraction of sp³-hybridized carbons (Fsp3) is 0.348. The van der Waals surface area contributed by atoms with E-state index in [2.05, 4.69) is 11.9 Å². The van der Waals surface area contributed by atoms with Gasteiger partial charge in [0.2, 0.25) is 0 Å². The van der Waals surface area contributed by atoms with Gasteiger partial charge in [-0.15, -0.1) is 19.0 Å². The zero-order chi connectivity index (χ0) is 20.9. The number of benzene rings is 2. The van der Waals surface area contributed by atoms with Crippen molar-refractivity contribution >= 4 is 18.3 Å². The lowest BCUT2D eigenvalue weighted by molar-refractivity contribution is -0.131. The highest BCUT2D eigenvalue weighted by Crippen LogP contribution is 2.12. The van der Waals surface area contributed by atoms with Crippen molar-refractivity contribution in [2.45, 2.75) is 12.5 Å². The molecule has 2 rings (SSSR count). The summed E-state index contributed by atoms with van der Waals surface area (Å²) in [6.07, 6.45) is 1.94. The topological polar surface area (TPSA) is 71.0 Å². The van der Waals surface area contributed by atoms with E-state index in [4.69, 9.17) is 9.47 Å². The number of carbonyl (C=O) groups is 1. The first-order valence-corrected chi connectivity index (χ1v) is 9.71. The average molecular weight is 435 g/mol. The number of likely N-dealkylation sites (N-methyl/N-ethyl adjacent to an activating group) is 1. The van der Waals surface area contributed by atoms with Crippen molar-refractivity contribution in [2.75, 3.05) is 39.9 Å². The summed E-state index contributed by atoms with van der Waals surface area (Å²) in [7, 11) is 1.72. The van der Waals surface area contributed by atoms with E-state index in [9.17, 15) is 9.90 Å². The molecular formula is C23H31ClN2O4. The minimum absolute atomic E-state index is 0. The Kier molecular flexibility index (Phi) is 12.3. The van der Waals surface area contributed by atoms with Gasteiger partial charge in [-0.1, -0.05) is 36.4 Å². The van der Waals surface area contributed by atoms with Crippen molar-refractivity contribution in [1.29, 1.82) is 0 Å². The van der Waals surface area contributed by atoms with Gasteiger partial charge in [0.25, 0.3) is 5.91 Å². The molecule has 1 atom stereocenters. The molecule has 30 heavy (non-hydrogen) atoms. The Balaban J connectivity index is 0.00000450. The summed E-state index contributed by atoms with van der Waals surface area (Å²) in [5, 5.41) is 13.2. The van der Waals surface area contributed by atoms with E-state index in [1.807, 2.05) is 54.6 Å². The molecule has 0 saturated carbocycles. The third kappa shape index (κ3) is 9.78. The molecule has 0 aliphatic rings. The number of halogens is 1. The van der Waals surface area contributed by atoms with Crippen LogP contribution in [0.3, 0.4) is 0 Å². The van der Waals surface area contributed by atoms with Crippen LogP contribution in [0.1, 0.15) is 5.56 Å². The molecule has 0 aliphatic carbocycles. The highest BCUT2D eigenvalue weighted by atomic mass is 35.5. The molecule has 0 spiro atoms. The number of hydrogen-bond donors (Lipinski definition) is 2. The zero-order valence-electron chi connectivity index (χ0n) is 17.3. The van der Waals surface area contributed by atoms with Gasteiger partial charge in [0.15, 0.2) is 6.61 Å². The monoisotopic (exact) mass is 434 g/mol. The van der Waals surface area contributed by atoms with Crippen LogP contribution >= 0.6 is 12.4 Å². The summed E-state index contributed by atoms with van der Waals surface area (Å²) in [5.41, 5.74) is 1.15. The number of para-hydroxylation sites is 1. The first-order chi connectivity index (χ1) is 14.1. The molecule has 1 amide bonds. The van der Waals surface area contributed by atoms with E-state index in [-0.39, 0.29) is 31.5 Å². The molecule has 0 aromatic heterocycles. The van der Waals surface area contributed by atoms with Crippen molar-refractivity contribution in [1.82, 2.24) is 10.2 Å². The fourth-order valence-electron chi connectivity index (χ4n) is 2.57. The molecule has 164 valence electrons. The van der Waals surface area contributed by atoms with E-state index < -0.39 is 6.10 Å². The summed E-state index contributed by atoms with van der Waals surface area (Å²) < 4.78 is 11.1. The summed E-state index contributed by atoms with van der Waals surface area (Å²) in [6.45, 7) is 5.59. The Hall–Kier alpha value is -2.54. The van der Waals surface area contributed by atoms with Crippen LogP contribution in [-0.4, -0.2) is 61.9 Å². The second-order valence-corrected chi connectivity index (χ2v) is 6.73. The highest BCUT2D eigenvalue weighted by Gasteiger charge is 2.08. The number of ether oxygens (including phenoxy) is 2. The maximum Gasteiger partial charge on any atom is 0.260 e. The minimum atomic E-state index is -0.567. The molecule has 2 N–H and O–H groups in total. The van der Waals surface area contributed by atoms with Crippen LogP contribution in [0.15, 0.2) is 67.3 Å². The van der Waals surface area contributed by atoms with Gasteiger partial charge in [0, 0.05) is 20.1 Å². The normalized spacial score (nSPS) is 11.1. The molecule has 7 heteroatoms. The lowest BCUT2D eigenvalue weighted by Crippen LogP contribution is -2.32. The number of nitrogens with one attached hydrogen (secondary N) is 1. The fourth-order valence-corrected chi connectivity index (χ4v) is 2.57. The molecule has 0 heterocycles. The van der Waals surface area contributed by atoms with Crippen molar-refractivity contribution in [2.24, 2.45) is 0 Å². The highest BCUT2D eigenvalue weighted by molar-refractivity contribution is 5.85. The summed E-state index contributed by atoms with van der Waals surface area (Å²) in [5.74, 6) is 1.33. The van der Waals surface area contributed by atoms with Crippen molar-refractivity contribution in [3.8, 4) is 11.5 Å². The SMILES string of the molecule is C=CCN(C)C(=O)COc1ccc(CCNCC(O)COc2ccccc2)cc1.Cl. The van der Waals surface area contributed by atoms with E-state index in [0.29, 0.717) is 18.8 Å². The molecule has 0 radical (unpaired) electrons. The van der Waals surface area contributed by atoms with Crippen LogP contribution in [0.4, 0.5) is 0 Å². The van der Waals surface area contributed by atoms with Crippen LogP contribution in [0.2, 0.25) is 0 Å². The lowest BCUT2D eigenvalue weighted by Gasteiger charge is -2.15. The third-order valence-electron chi connectivity index (χ3n) is 4.27. The van der Waals surface area contributed by atoms with Gasteiger partial charge in [-0.3, -0.25) is 4.79 Å². The van der Waals surface area contributed by atoms with Gasteiger partial charge in [-0.25, -0.2) is 0 Å². The van der Waals surface area contributed by atoms with E-state index >= 15 is 0 Å². The van der Waals surface area contributed by atoms with E-state index in [1.165, 1.54) is 0 Å². The van der Waals surface area contributed by atoms with Crippen molar-refractivity contribution < 1.29 is 19.4 Å². The number of carbonyl (C=O) groups excluding carboxylic acids is 1. The smallest absolute Gasteiger partial charge is 0.260 e. The quantitative estimate of drug-likeness (QED) is 0.374. The molecule has 1 unspecified atom stereocenters. The Labute approximate surface area is 184 Å². The molecule has 0 saturated heterocycles. The lowest BCUT2D eigenvalue weighted by atomic mass is 10.1. The standard InChI is InChI=1S/C23H30N2O4.ClH/c1-3-15-25(2)23(27)18-29-22-11-9-19(10-12-22)13-14-24-16-20(26)17-28-21-7-5-4-6-8-21;/h3-12,20,24,26H,1,13-18H2,2H3;1H. The van der Waals surface area contributed by atoms with Crippen LogP contribution in [-0.2, 0) is 11.2 Å². The number of aliphatic hydroxyl groups is 1. The molecule has 0 fully saturated rings. The predicted molar refractivity (Wildman–Crippen MR) is 122 cm³/mol. The van der Waals surface area contributed by atoms with Gasteiger partial charge in [0.05, 0.1) is 0 Å². The van der Waals surface area contributed by atoms with E-state index in [1.54, 1.807) is 18.0 Å². The first-order valence-electron chi connectivity index (χ1n) is 9.71. The largest absolute Gasteiger partial charge is 0.491 e. The Morgan fingerprint density at radius 2 is 1.80 bits per heavy atom. The van der Waals surface area contributed by atoms with Gasteiger partial charge >= 0.3 is 0 Å². The molecular weight excluding hydrogens is 404 g/mol. The first kappa shape index (κ1) is 25.5. The number of aliphatic hydroxyl groups excluding tert-OH is 1. The van der Waals surface area contributed by atoms with Crippen molar-refractivity contribution in [3.63, 3.8) is 0 Å². The average Bonchev–Trinajstić information content (AvgIpc) is 2.75. The molecule has 2 aromatic rings. The maximum absolute atomic E-state index is 11.8. The second kappa shape index (κ2) is 14.4. The number of rotatable bonds is 13.